The molecule has 1 heterocycles. The summed E-state index contributed by atoms with van der Waals surface area (Å²) in [6, 6.07) is 10.4. The van der Waals surface area contributed by atoms with Crippen LogP contribution in [-0.4, -0.2) is 35.0 Å². The van der Waals surface area contributed by atoms with Crippen molar-refractivity contribution < 1.29 is 14.6 Å². The van der Waals surface area contributed by atoms with E-state index < -0.39 is 0 Å². The SMILES string of the molecule is CN(C)C(=O)c1cc(Oc2cccc(CO)c2)ccn1. The third-order valence-electron chi connectivity index (χ3n) is 2.67. The number of hydrogen-bond acceptors (Lipinski definition) is 4. The maximum atomic E-state index is 11.8. The van der Waals surface area contributed by atoms with Gasteiger partial charge >= 0.3 is 0 Å². The smallest absolute Gasteiger partial charge is 0.272 e. The average Bonchev–Trinajstić information content (AvgIpc) is 2.47. The lowest BCUT2D eigenvalue weighted by atomic mass is 10.2. The van der Waals surface area contributed by atoms with Gasteiger partial charge in [0, 0.05) is 26.4 Å². The van der Waals surface area contributed by atoms with Crippen molar-refractivity contribution in [2.75, 3.05) is 14.1 Å². The Morgan fingerprint density at radius 2 is 2.00 bits per heavy atom. The summed E-state index contributed by atoms with van der Waals surface area (Å²) < 4.78 is 5.67. The van der Waals surface area contributed by atoms with Gasteiger partial charge in [-0.2, -0.15) is 0 Å². The highest BCUT2D eigenvalue weighted by Gasteiger charge is 2.10. The molecule has 0 saturated carbocycles. The highest BCUT2D eigenvalue weighted by atomic mass is 16.5. The molecular formula is C15H16N2O3. The normalized spacial score (nSPS) is 10.2. The number of ether oxygens (including phenoxy) is 1. The summed E-state index contributed by atoms with van der Waals surface area (Å²) in [6.07, 6.45) is 1.53. The second kappa shape index (κ2) is 6.16. The van der Waals surface area contributed by atoms with Crippen LogP contribution in [-0.2, 0) is 6.61 Å². The Labute approximate surface area is 117 Å². The van der Waals surface area contributed by atoms with E-state index in [-0.39, 0.29) is 12.5 Å². The molecule has 0 radical (unpaired) electrons. The lowest BCUT2D eigenvalue weighted by Gasteiger charge is -2.11. The Kier molecular flexibility index (Phi) is 4.32. The van der Waals surface area contributed by atoms with E-state index in [1.807, 2.05) is 0 Å². The van der Waals surface area contributed by atoms with Crippen LogP contribution in [0.4, 0.5) is 0 Å². The molecule has 0 saturated heterocycles. The third-order valence-corrected chi connectivity index (χ3v) is 2.67. The van der Waals surface area contributed by atoms with Gasteiger partial charge in [-0.3, -0.25) is 9.78 Å². The molecule has 2 rings (SSSR count). The van der Waals surface area contributed by atoms with Gasteiger partial charge in [-0.1, -0.05) is 12.1 Å². The lowest BCUT2D eigenvalue weighted by Crippen LogP contribution is -2.22. The average molecular weight is 272 g/mol. The molecule has 0 fully saturated rings. The fourth-order valence-electron chi connectivity index (χ4n) is 1.66. The maximum Gasteiger partial charge on any atom is 0.272 e. The molecule has 0 atom stereocenters. The van der Waals surface area contributed by atoms with Crippen LogP contribution in [0.2, 0.25) is 0 Å². The number of aliphatic hydroxyl groups is 1. The van der Waals surface area contributed by atoms with Crippen molar-refractivity contribution in [1.82, 2.24) is 9.88 Å². The fraction of sp³-hybridized carbons (Fsp3) is 0.200. The second-order valence-corrected chi connectivity index (χ2v) is 4.48. The van der Waals surface area contributed by atoms with Gasteiger partial charge in [0.2, 0.25) is 0 Å². The minimum atomic E-state index is -0.181. The summed E-state index contributed by atoms with van der Waals surface area (Å²) in [7, 11) is 3.34. The summed E-state index contributed by atoms with van der Waals surface area (Å²) in [5, 5.41) is 9.09. The largest absolute Gasteiger partial charge is 0.457 e. The number of nitrogens with zero attached hydrogens (tertiary/aromatic N) is 2. The quantitative estimate of drug-likeness (QED) is 0.925. The minimum Gasteiger partial charge on any atom is -0.457 e. The molecule has 0 aliphatic rings. The van der Waals surface area contributed by atoms with Gasteiger partial charge in [-0.25, -0.2) is 0 Å². The Morgan fingerprint density at radius 1 is 1.25 bits per heavy atom. The molecule has 0 aliphatic heterocycles. The predicted molar refractivity (Wildman–Crippen MR) is 74.7 cm³/mol. The van der Waals surface area contributed by atoms with Gasteiger partial charge in [0.25, 0.3) is 5.91 Å². The summed E-state index contributed by atoms with van der Waals surface area (Å²) in [5.41, 5.74) is 1.09. The molecule has 5 nitrogen and oxygen atoms in total. The zero-order valence-electron chi connectivity index (χ0n) is 11.4. The highest BCUT2D eigenvalue weighted by Crippen LogP contribution is 2.22. The van der Waals surface area contributed by atoms with E-state index in [0.29, 0.717) is 17.2 Å². The number of benzene rings is 1. The molecule has 5 heteroatoms. The first kappa shape index (κ1) is 14.0. The molecule has 1 N–H and O–H groups in total. The molecular weight excluding hydrogens is 256 g/mol. The lowest BCUT2D eigenvalue weighted by molar-refractivity contribution is 0.0821. The monoisotopic (exact) mass is 272 g/mol. The molecule has 2 aromatic rings. The molecule has 20 heavy (non-hydrogen) atoms. The van der Waals surface area contributed by atoms with Gasteiger partial charge in [0.05, 0.1) is 6.61 Å². The number of aliphatic hydroxyl groups excluding tert-OH is 1. The number of hydrogen-bond donors (Lipinski definition) is 1. The zero-order chi connectivity index (χ0) is 14.5. The number of pyridine rings is 1. The first-order valence-corrected chi connectivity index (χ1v) is 6.15. The first-order valence-electron chi connectivity index (χ1n) is 6.15. The van der Waals surface area contributed by atoms with E-state index in [4.69, 9.17) is 9.84 Å². The zero-order valence-corrected chi connectivity index (χ0v) is 11.4. The van der Waals surface area contributed by atoms with Crippen molar-refractivity contribution in [3.63, 3.8) is 0 Å². The van der Waals surface area contributed by atoms with Crippen LogP contribution in [0.3, 0.4) is 0 Å². The van der Waals surface area contributed by atoms with Crippen molar-refractivity contribution in [3.05, 3.63) is 53.9 Å². The van der Waals surface area contributed by atoms with Crippen LogP contribution in [0.1, 0.15) is 16.1 Å². The van der Waals surface area contributed by atoms with Crippen molar-refractivity contribution in [1.29, 1.82) is 0 Å². The molecule has 1 aromatic heterocycles. The second-order valence-electron chi connectivity index (χ2n) is 4.48. The van der Waals surface area contributed by atoms with Crippen molar-refractivity contribution in [2.45, 2.75) is 6.61 Å². The highest BCUT2D eigenvalue weighted by molar-refractivity contribution is 5.92. The Balaban J connectivity index is 2.21. The summed E-state index contributed by atoms with van der Waals surface area (Å²) in [6.45, 7) is -0.0437. The van der Waals surface area contributed by atoms with Crippen molar-refractivity contribution in [2.24, 2.45) is 0 Å². The van der Waals surface area contributed by atoms with Crippen LogP contribution in [0.5, 0.6) is 11.5 Å². The Hall–Kier alpha value is -2.40. The van der Waals surface area contributed by atoms with Crippen molar-refractivity contribution in [3.8, 4) is 11.5 Å². The van der Waals surface area contributed by atoms with E-state index >= 15 is 0 Å². The molecule has 0 spiro atoms. The predicted octanol–water partition coefficient (Wildman–Crippen LogP) is 2.07. The van der Waals surface area contributed by atoms with Gasteiger partial charge in [-0.05, 0) is 23.8 Å². The number of carbonyl (C=O) groups excluding carboxylic acids is 1. The van der Waals surface area contributed by atoms with Crippen LogP contribution >= 0.6 is 0 Å². The van der Waals surface area contributed by atoms with Crippen LogP contribution in [0.25, 0.3) is 0 Å². The third kappa shape index (κ3) is 3.33. The van der Waals surface area contributed by atoms with E-state index in [9.17, 15) is 4.79 Å². The van der Waals surface area contributed by atoms with Gasteiger partial charge < -0.3 is 14.7 Å². The van der Waals surface area contributed by atoms with Gasteiger partial charge in [0.1, 0.15) is 17.2 Å². The van der Waals surface area contributed by atoms with Gasteiger partial charge in [-0.15, -0.1) is 0 Å². The van der Waals surface area contributed by atoms with E-state index in [2.05, 4.69) is 4.98 Å². The molecule has 0 aliphatic carbocycles. The summed E-state index contributed by atoms with van der Waals surface area (Å²) >= 11 is 0. The Bertz CT molecular complexity index is 612. The molecule has 1 aromatic carbocycles. The number of rotatable bonds is 4. The molecule has 104 valence electrons. The molecule has 0 unspecified atom stereocenters. The topological polar surface area (TPSA) is 62.7 Å². The maximum absolute atomic E-state index is 11.8. The first-order chi connectivity index (χ1) is 9.60. The van der Waals surface area contributed by atoms with Crippen molar-refractivity contribution >= 4 is 5.91 Å². The number of aromatic nitrogens is 1. The fourth-order valence-corrected chi connectivity index (χ4v) is 1.66. The number of carbonyl (C=O) groups is 1. The van der Waals surface area contributed by atoms with Crippen LogP contribution < -0.4 is 4.74 Å². The summed E-state index contributed by atoms with van der Waals surface area (Å²) in [5.74, 6) is 0.950. The van der Waals surface area contributed by atoms with Crippen LogP contribution in [0.15, 0.2) is 42.6 Å². The molecule has 1 amide bonds. The van der Waals surface area contributed by atoms with Gasteiger partial charge in [0.15, 0.2) is 0 Å². The standard InChI is InChI=1S/C15H16N2O3/c1-17(2)15(19)14-9-13(6-7-16-14)20-12-5-3-4-11(8-12)10-18/h3-9,18H,10H2,1-2H3. The number of amides is 1. The van der Waals surface area contributed by atoms with E-state index in [0.717, 1.165) is 5.56 Å². The van der Waals surface area contributed by atoms with E-state index in [1.165, 1.54) is 11.1 Å². The summed E-state index contributed by atoms with van der Waals surface area (Å²) in [4.78, 5) is 17.3. The minimum absolute atomic E-state index is 0.0437. The van der Waals surface area contributed by atoms with E-state index in [1.54, 1.807) is 50.5 Å². The van der Waals surface area contributed by atoms with Crippen LogP contribution in [0, 0.1) is 0 Å². The Morgan fingerprint density at radius 3 is 2.70 bits per heavy atom. The molecule has 0 bridgehead atoms.